The SMILES string of the molecule is C=C[C@@]12CN(C)C3[C@@H]4CO[C@@H](CC41)[C@@]1(C(=O)Nc4ccccc41)[C@H]32.Cl. The van der Waals surface area contributed by atoms with Gasteiger partial charge in [0.1, 0.15) is 5.41 Å². The molecule has 7 atom stereocenters. The van der Waals surface area contributed by atoms with Crippen LogP contribution in [-0.2, 0) is 14.9 Å². The Bertz CT molecular complexity index is 798. The van der Waals surface area contributed by atoms with Gasteiger partial charge >= 0.3 is 0 Å². The van der Waals surface area contributed by atoms with E-state index in [-0.39, 0.29) is 35.8 Å². The molecule has 2 saturated heterocycles. The number of carbonyl (C=O) groups excluding carboxylic acids is 1. The Balaban J connectivity index is 0.00000140. The summed E-state index contributed by atoms with van der Waals surface area (Å²) in [7, 11) is 2.21. The van der Waals surface area contributed by atoms with Crippen LogP contribution >= 0.6 is 12.4 Å². The number of hydrogen-bond donors (Lipinski definition) is 1. The van der Waals surface area contributed by atoms with Crippen molar-refractivity contribution < 1.29 is 9.53 Å². The molecule has 5 bridgehead atoms. The lowest BCUT2D eigenvalue weighted by atomic mass is 9.51. The van der Waals surface area contributed by atoms with Gasteiger partial charge in [0.25, 0.3) is 0 Å². The second-order valence-electron chi connectivity index (χ2n) is 8.40. The Morgan fingerprint density at radius 1 is 1.40 bits per heavy atom. The number of likely N-dealkylation sites (tertiary alicyclic amines) is 1. The van der Waals surface area contributed by atoms with Crippen molar-refractivity contribution in [3.8, 4) is 0 Å². The third-order valence-electron chi connectivity index (χ3n) is 7.93. The molecule has 5 heteroatoms. The monoisotopic (exact) mass is 358 g/mol. The summed E-state index contributed by atoms with van der Waals surface area (Å²) >= 11 is 0. The van der Waals surface area contributed by atoms with Crippen molar-refractivity contribution >= 4 is 24.0 Å². The molecule has 25 heavy (non-hydrogen) atoms. The maximum atomic E-state index is 13.4. The van der Waals surface area contributed by atoms with Gasteiger partial charge in [0.15, 0.2) is 0 Å². The first kappa shape index (κ1) is 15.9. The van der Waals surface area contributed by atoms with E-state index in [1.165, 1.54) is 0 Å². The number of amides is 1. The van der Waals surface area contributed by atoms with Crippen molar-refractivity contribution in [1.29, 1.82) is 0 Å². The number of para-hydroxylation sites is 1. The predicted molar refractivity (Wildman–Crippen MR) is 97.9 cm³/mol. The van der Waals surface area contributed by atoms with Gasteiger partial charge in [-0.1, -0.05) is 24.3 Å². The van der Waals surface area contributed by atoms with Gasteiger partial charge in [0.2, 0.25) is 5.91 Å². The molecule has 2 aliphatic carbocycles. The number of halogens is 1. The predicted octanol–water partition coefficient (Wildman–Crippen LogP) is 2.45. The zero-order chi connectivity index (χ0) is 16.3. The van der Waals surface area contributed by atoms with Crippen LogP contribution in [0.2, 0.25) is 0 Å². The summed E-state index contributed by atoms with van der Waals surface area (Å²) < 4.78 is 6.34. The summed E-state index contributed by atoms with van der Waals surface area (Å²) in [6, 6.07) is 8.64. The number of piperidine rings is 1. The van der Waals surface area contributed by atoms with Crippen molar-refractivity contribution in [1.82, 2.24) is 4.90 Å². The Kier molecular flexibility index (Phi) is 2.96. The van der Waals surface area contributed by atoms with Crippen molar-refractivity contribution in [2.75, 3.05) is 25.5 Å². The first-order valence-corrected chi connectivity index (χ1v) is 9.01. The van der Waals surface area contributed by atoms with E-state index in [1.807, 2.05) is 12.1 Å². The lowest BCUT2D eigenvalue weighted by Crippen LogP contribution is -2.62. The highest BCUT2D eigenvalue weighted by Gasteiger charge is 2.79. The van der Waals surface area contributed by atoms with Gasteiger partial charge in [-0.2, -0.15) is 0 Å². The Morgan fingerprint density at radius 3 is 3.00 bits per heavy atom. The lowest BCUT2D eigenvalue weighted by molar-refractivity contribution is -0.153. The van der Waals surface area contributed by atoms with E-state index in [1.54, 1.807) is 0 Å². The topological polar surface area (TPSA) is 41.6 Å². The minimum absolute atomic E-state index is 0. The number of fused-ring (bicyclic) bond motifs is 5. The maximum absolute atomic E-state index is 13.4. The third kappa shape index (κ3) is 1.41. The van der Waals surface area contributed by atoms with E-state index in [9.17, 15) is 4.79 Å². The van der Waals surface area contributed by atoms with Crippen LogP contribution < -0.4 is 5.32 Å². The molecule has 2 saturated carbocycles. The lowest BCUT2D eigenvalue weighted by Gasteiger charge is -2.54. The molecular weight excluding hydrogens is 336 g/mol. The van der Waals surface area contributed by atoms with Gasteiger partial charge in [0.05, 0.1) is 12.7 Å². The van der Waals surface area contributed by atoms with Crippen molar-refractivity contribution in [2.45, 2.75) is 24.0 Å². The maximum Gasteiger partial charge on any atom is 0.238 e. The number of ether oxygens (including phenoxy) is 1. The smallest absolute Gasteiger partial charge is 0.238 e. The summed E-state index contributed by atoms with van der Waals surface area (Å²) in [5.74, 6) is 1.56. The fourth-order valence-corrected chi connectivity index (χ4v) is 7.38. The van der Waals surface area contributed by atoms with E-state index >= 15 is 0 Å². The highest BCUT2D eigenvalue weighted by molar-refractivity contribution is 6.07. The zero-order valence-corrected chi connectivity index (χ0v) is 15.1. The molecule has 1 N–H and O–H groups in total. The molecule has 3 aliphatic heterocycles. The Hall–Kier alpha value is -1.36. The quantitative estimate of drug-likeness (QED) is 0.784. The minimum atomic E-state index is -0.554. The van der Waals surface area contributed by atoms with Gasteiger partial charge in [-0.05, 0) is 31.0 Å². The summed E-state index contributed by atoms with van der Waals surface area (Å²) in [6.45, 7) is 6.06. The molecular formula is C20H23ClN2O2. The second kappa shape index (κ2) is 4.67. The molecule has 0 radical (unpaired) electrons. The van der Waals surface area contributed by atoms with Gasteiger partial charge in [0, 0.05) is 35.5 Å². The molecule has 2 unspecified atom stereocenters. The van der Waals surface area contributed by atoms with Gasteiger partial charge in [-0.15, -0.1) is 19.0 Å². The first-order valence-electron chi connectivity index (χ1n) is 9.01. The van der Waals surface area contributed by atoms with Crippen molar-refractivity contribution in [3.63, 3.8) is 0 Å². The average Bonchev–Trinajstić information content (AvgIpc) is 3.08. The van der Waals surface area contributed by atoms with Crippen molar-refractivity contribution in [2.24, 2.45) is 23.2 Å². The van der Waals surface area contributed by atoms with Crippen LogP contribution in [0.5, 0.6) is 0 Å². The molecule has 1 aromatic rings. The van der Waals surface area contributed by atoms with E-state index in [2.05, 4.69) is 42.1 Å². The summed E-state index contributed by atoms with van der Waals surface area (Å²) in [6.07, 6.45) is 3.17. The second-order valence-corrected chi connectivity index (χ2v) is 8.40. The standard InChI is InChI=1S/C20H22N2O2.ClH/c1-3-19-10-22(2)16-11-9-24-15(8-13(11)19)20(17(16)19)12-6-4-5-7-14(12)21-18(20)23;/h3-7,11,13,15-17H,1,8-10H2,2H3,(H,21,23);1H/t11-,13?,15+,16?,17-,19-,20-;/m1./s1. The number of hydrogen-bond acceptors (Lipinski definition) is 3. The summed E-state index contributed by atoms with van der Waals surface area (Å²) in [4.78, 5) is 15.9. The van der Waals surface area contributed by atoms with E-state index < -0.39 is 5.41 Å². The normalized spacial score (nSPS) is 48.4. The number of nitrogens with zero attached hydrogens (tertiary/aromatic N) is 1. The van der Waals surface area contributed by atoms with Crippen LogP contribution in [0.4, 0.5) is 5.69 Å². The molecule has 4 fully saturated rings. The molecule has 5 aliphatic rings. The number of nitrogens with one attached hydrogen (secondary N) is 1. The number of rotatable bonds is 1. The van der Waals surface area contributed by atoms with Crippen LogP contribution in [-0.4, -0.2) is 43.2 Å². The molecule has 132 valence electrons. The zero-order valence-electron chi connectivity index (χ0n) is 14.3. The summed E-state index contributed by atoms with van der Waals surface area (Å²) in [5, 5.41) is 3.18. The molecule has 1 aromatic carbocycles. The van der Waals surface area contributed by atoms with E-state index in [0.717, 1.165) is 30.8 Å². The van der Waals surface area contributed by atoms with E-state index in [0.29, 0.717) is 17.9 Å². The molecule has 0 aromatic heterocycles. The fraction of sp³-hybridized carbons (Fsp3) is 0.550. The molecule has 1 amide bonds. The Morgan fingerprint density at radius 2 is 2.20 bits per heavy atom. The highest BCUT2D eigenvalue weighted by atomic mass is 35.5. The molecule has 6 rings (SSSR count). The summed E-state index contributed by atoms with van der Waals surface area (Å²) in [5.41, 5.74) is 1.61. The average molecular weight is 359 g/mol. The van der Waals surface area contributed by atoms with Gasteiger partial charge in [-0.3, -0.25) is 4.79 Å². The van der Waals surface area contributed by atoms with Crippen molar-refractivity contribution in [3.05, 3.63) is 42.5 Å². The minimum Gasteiger partial charge on any atom is -0.376 e. The molecule has 1 spiro atoms. The molecule has 3 heterocycles. The Labute approximate surface area is 154 Å². The van der Waals surface area contributed by atoms with E-state index in [4.69, 9.17) is 4.74 Å². The van der Waals surface area contributed by atoms with Crippen LogP contribution in [0.25, 0.3) is 0 Å². The van der Waals surface area contributed by atoms with Gasteiger partial charge < -0.3 is 15.0 Å². The van der Waals surface area contributed by atoms with Crippen LogP contribution in [0.1, 0.15) is 12.0 Å². The highest BCUT2D eigenvalue weighted by Crippen LogP contribution is 2.73. The number of carbonyl (C=O) groups is 1. The number of benzene rings is 1. The van der Waals surface area contributed by atoms with Crippen LogP contribution in [0.3, 0.4) is 0 Å². The third-order valence-corrected chi connectivity index (χ3v) is 7.93. The van der Waals surface area contributed by atoms with Crippen LogP contribution in [0, 0.1) is 23.2 Å². The number of anilines is 1. The largest absolute Gasteiger partial charge is 0.376 e. The molecule has 4 nitrogen and oxygen atoms in total. The van der Waals surface area contributed by atoms with Gasteiger partial charge in [-0.25, -0.2) is 0 Å². The van der Waals surface area contributed by atoms with Crippen LogP contribution in [0.15, 0.2) is 36.9 Å². The fourth-order valence-electron chi connectivity index (χ4n) is 7.38. The first-order chi connectivity index (χ1) is 11.6.